The SMILES string of the molecule is COCC(C)NS(=O)(=O)c1cccc(C#N)c1. The monoisotopic (exact) mass is 254 g/mol. The van der Waals surface area contributed by atoms with E-state index in [4.69, 9.17) is 10.00 Å². The second-order valence-corrected chi connectivity index (χ2v) is 5.33. The molecular weight excluding hydrogens is 240 g/mol. The Morgan fingerprint density at radius 3 is 2.82 bits per heavy atom. The van der Waals surface area contributed by atoms with Crippen LogP contribution in [0.15, 0.2) is 29.2 Å². The molecular formula is C11H14N2O3S. The van der Waals surface area contributed by atoms with Crippen LogP contribution in [-0.2, 0) is 14.8 Å². The van der Waals surface area contributed by atoms with Gasteiger partial charge in [0.05, 0.1) is 23.1 Å². The van der Waals surface area contributed by atoms with Gasteiger partial charge in [-0.25, -0.2) is 13.1 Å². The summed E-state index contributed by atoms with van der Waals surface area (Å²) in [5.41, 5.74) is 0.312. The molecule has 0 bridgehead atoms. The molecule has 0 amide bonds. The zero-order valence-electron chi connectivity index (χ0n) is 9.67. The highest BCUT2D eigenvalue weighted by Gasteiger charge is 2.17. The van der Waals surface area contributed by atoms with E-state index in [1.54, 1.807) is 13.0 Å². The number of ether oxygens (including phenoxy) is 1. The third kappa shape index (κ3) is 3.82. The maximum Gasteiger partial charge on any atom is 0.240 e. The van der Waals surface area contributed by atoms with Crippen molar-refractivity contribution >= 4 is 10.0 Å². The van der Waals surface area contributed by atoms with Crippen LogP contribution in [0, 0.1) is 11.3 Å². The van der Waals surface area contributed by atoms with Gasteiger partial charge in [-0.05, 0) is 25.1 Å². The lowest BCUT2D eigenvalue weighted by Crippen LogP contribution is -2.35. The fourth-order valence-corrected chi connectivity index (χ4v) is 2.62. The predicted molar refractivity (Wildman–Crippen MR) is 62.8 cm³/mol. The van der Waals surface area contributed by atoms with E-state index in [1.807, 2.05) is 6.07 Å². The first kappa shape index (κ1) is 13.6. The Bertz CT molecular complexity index is 520. The van der Waals surface area contributed by atoms with Gasteiger partial charge in [0.25, 0.3) is 0 Å². The van der Waals surface area contributed by atoms with Gasteiger partial charge in [0.1, 0.15) is 0 Å². The Kier molecular flexibility index (Phi) is 4.63. The number of hydrogen-bond donors (Lipinski definition) is 1. The smallest absolute Gasteiger partial charge is 0.240 e. The van der Waals surface area contributed by atoms with Crippen LogP contribution in [0.25, 0.3) is 0 Å². The zero-order valence-corrected chi connectivity index (χ0v) is 10.5. The van der Waals surface area contributed by atoms with Crippen molar-refractivity contribution in [3.05, 3.63) is 29.8 Å². The average molecular weight is 254 g/mol. The summed E-state index contributed by atoms with van der Waals surface area (Å²) in [5.74, 6) is 0. The molecule has 0 aromatic heterocycles. The van der Waals surface area contributed by atoms with Crippen molar-refractivity contribution in [1.29, 1.82) is 5.26 Å². The molecule has 1 aromatic rings. The quantitative estimate of drug-likeness (QED) is 0.845. The normalized spacial score (nSPS) is 13.0. The van der Waals surface area contributed by atoms with Crippen molar-refractivity contribution in [2.24, 2.45) is 0 Å². The molecule has 5 nitrogen and oxygen atoms in total. The van der Waals surface area contributed by atoms with Gasteiger partial charge >= 0.3 is 0 Å². The Balaban J connectivity index is 2.94. The van der Waals surface area contributed by atoms with Crippen LogP contribution >= 0.6 is 0 Å². The molecule has 17 heavy (non-hydrogen) atoms. The number of rotatable bonds is 5. The molecule has 6 heteroatoms. The van der Waals surface area contributed by atoms with Crippen LogP contribution in [-0.4, -0.2) is 28.2 Å². The highest BCUT2D eigenvalue weighted by molar-refractivity contribution is 7.89. The molecule has 0 aliphatic carbocycles. The molecule has 0 saturated heterocycles. The second kappa shape index (κ2) is 5.77. The van der Waals surface area contributed by atoms with Crippen LogP contribution in [0.1, 0.15) is 12.5 Å². The van der Waals surface area contributed by atoms with Gasteiger partial charge in [0.2, 0.25) is 10.0 Å². The maximum absolute atomic E-state index is 11.9. The number of hydrogen-bond acceptors (Lipinski definition) is 4. The first-order valence-corrected chi connectivity index (χ1v) is 6.49. The summed E-state index contributed by atoms with van der Waals surface area (Å²) in [6.45, 7) is 1.99. The van der Waals surface area contributed by atoms with Crippen LogP contribution in [0.3, 0.4) is 0 Å². The molecule has 0 aliphatic heterocycles. The van der Waals surface area contributed by atoms with E-state index in [-0.39, 0.29) is 17.5 Å². The molecule has 0 fully saturated rings. The molecule has 0 aliphatic rings. The van der Waals surface area contributed by atoms with Crippen molar-refractivity contribution in [1.82, 2.24) is 4.72 Å². The minimum Gasteiger partial charge on any atom is -0.383 e. The molecule has 1 atom stereocenters. The molecule has 1 unspecified atom stereocenters. The first-order valence-electron chi connectivity index (χ1n) is 5.01. The van der Waals surface area contributed by atoms with Crippen LogP contribution < -0.4 is 4.72 Å². The summed E-state index contributed by atoms with van der Waals surface area (Å²) in [4.78, 5) is 0.0829. The van der Waals surface area contributed by atoms with Crippen molar-refractivity contribution in [2.75, 3.05) is 13.7 Å². The standard InChI is InChI=1S/C11H14N2O3S/c1-9(8-16-2)13-17(14,15)11-5-3-4-10(6-11)7-12/h3-6,9,13H,8H2,1-2H3. The van der Waals surface area contributed by atoms with E-state index in [0.29, 0.717) is 5.56 Å². The van der Waals surface area contributed by atoms with Crippen LogP contribution in [0.4, 0.5) is 0 Å². The number of nitrogens with one attached hydrogen (secondary N) is 1. The van der Waals surface area contributed by atoms with Gasteiger partial charge in [-0.3, -0.25) is 0 Å². The van der Waals surface area contributed by atoms with Gasteiger partial charge in [-0.2, -0.15) is 5.26 Å². The predicted octanol–water partition coefficient (Wildman–Crippen LogP) is 0.871. The molecule has 0 spiro atoms. The van der Waals surface area contributed by atoms with Gasteiger partial charge < -0.3 is 4.74 Å². The van der Waals surface area contributed by atoms with Crippen LogP contribution in [0.2, 0.25) is 0 Å². The van der Waals surface area contributed by atoms with Crippen molar-refractivity contribution in [3.8, 4) is 6.07 Å². The molecule has 1 aromatic carbocycles. The maximum atomic E-state index is 11.9. The first-order chi connectivity index (χ1) is 7.99. The summed E-state index contributed by atoms with van der Waals surface area (Å²) in [7, 11) is -2.09. The molecule has 92 valence electrons. The summed E-state index contributed by atoms with van der Waals surface area (Å²) >= 11 is 0. The van der Waals surface area contributed by atoms with Gasteiger partial charge in [-0.1, -0.05) is 6.07 Å². The minimum absolute atomic E-state index is 0.0829. The van der Waals surface area contributed by atoms with Crippen molar-refractivity contribution in [2.45, 2.75) is 17.9 Å². The highest BCUT2D eigenvalue weighted by Crippen LogP contribution is 2.11. The Hall–Kier alpha value is -1.42. The Morgan fingerprint density at radius 1 is 1.53 bits per heavy atom. The largest absolute Gasteiger partial charge is 0.383 e. The van der Waals surface area contributed by atoms with E-state index in [1.165, 1.54) is 25.3 Å². The topological polar surface area (TPSA) is 79.2 Å². The molecule has 0 saturated carbocycles. The number of methoxy groups -OCH3 is 1. The Morgan fingerprint density at radius 2 is 2.24 bits per heavy atom. The number of nitriles is 1. The summed E-state index contributed by atoms with van der Waals surface area (Å²) < 4.78 is 31.1. The van der Waals surface area contributed by atoms with Crippen molar-refractivity contribution < 1.29 is 13.2 Å². The summed E-state index contributed by atoms with van der Waals surface area (Å²) in [6.07, 6.45) is 0. The second-order valence-electron chi connectivity index (χ2n) is 3.62. The third-order valence-electron chi connectivity index (χ3n) is 2.05. The lowest BCUT2D eigenvalue weighted by atomic mass is 10.2. The van der Waals surface area contributed by atoms with E-state index in [0.717, 1.165) is 0 Å². The van der Waals surface area contributed by atoms with Crippen molar-refractivity contribution in [3.63, 3.8) is 0 Å². The van der Waals surface area contributed by atoms with E-state index in [9.17, 15) is 8.42 Å². The molecule has 1 rings (SSSR count). The fourth-order valence-electron chi connectivity index (χ4n) is 1.35. The molecule has 0 heterocycles. The Labute approximate surface area is 101 Å². The fraction of sp³-hybridized carbons (Fsp3) is 0.364. The van der Waals surface area contributed by atoms with Crippen LogP contribution in [0.5, 0.6) is 0 Å². The zero-order chi connectivity index (χ0) is 12.9. The van der Waals surface area contributed by atoms with Gasteiger partial charge in [-0.15, -0.1) is 0 Å². The van der Waals surface area contributed by atoms with E-state index < -0.39 is 10.0 Å². The lowest BCUT2D eigenvalue weighted by molar-refractivity contribution is 0.180. The highest BCUT2D eigenvalue weighted by atomic mass is 32.2. The van der Waals surface area contributed by atoms with Gasteiger partial charge in [0, 0.05) is 13.2 Å². The number of nitrogens with zero attached hydrogens (tertiary/aromatic N) is 1. The number of sulfonamides is 1. The molecule has 0 radical (unpaired) electrons. The number of benzene rings is 1. The summed E-state index contributed by atoms with van der Waals surface area (Å²) in [6, 6.07) is 7.45. The van der Waals surface area contributed by atoms with E-state index in [2.05, 4.69) is 4.72 Å². The average Bonchev–Trinajstić information content (AvgIpc) is 2.28. The minimum atomic E-state index is -3.60. The third-order valence-corrected chi connectivity index (χ3v) is 3.63. The van der Waals surface area contributed by atoms with Gasteiger partial charge in [0.15, 0.2) is 0 Å². The summed E-state index contributed by atoms with van der Waals surface area (Å²) in [5, 5.41) is 8.71. The molecule has 1 N–H and O–H groups in total. The lowest BCUT2D eigenvalue weighted by Gasteiger charge is -2.13. The van der Waals surface area contributed by atoms with E-state index >= 15 is 0 Å².